The van der Waals surface area contributed by atoms with Gasteiger partial charge in [-0.05, 0) is 43.7 Å². The van der Waals surface area contributed by atoms with Crippen molar-refractivity contribution in [3.63, 3.8) is 0 Å². The number of thiazole rings is 1. The summed E-state index contributed by atoms with van der Waals surface area (Å²) in [6.45, 7) is 1.94. The zero-order valence-corrected chi connectivity index (χ0v) is 10.7. The van der Waals surface area contributed by atoms with Crippen molar-refractivity contribution in [3.8, 4) is 0 Å². The molecule has 0 fully saturated rings. The van der Waals surface area contributed by atoms with E-state index in [0.29, 0.717) is 0 Å². The Hall–Kier alpha value is -1.26. The van der Waals surface area contributed by atoms with Crippen LogP contribution in [0.25, 0.3) is 0 Å². The van der Waals surface area contributed by atoms with Gasteiger partial charge in [0.05, 0.1) is 17.2 Å². The average molecular weight is 250 g/mol. The van der Waals surface area contributed by atoms with Gasteiger partial charge >= 0.3 is 0 Å². The molecule has 1 aromatic carbocycles. The van der Waals surface area contributed by atoms with E-state index in [4.69, 9.17) is 0 Å². The van der Waals surface area contributed by atoms with Crippen molar-refractivity contribution in [1.29, 1.82) is 0 Å². The monoisotopic (exact) mass is 250 g/mol. The molecule has 0 amide bonds. The maximum absolute atomic E-state index is 13.0. The third kappa shape index (κ3) is 2.90. The van der Waals surface area contributed by atoms with E-state index in [9.17, 15) is 4.39 Å². The fourth-order valence-electron chi connectivity index (χ4n) is 1.86. The van der Waals surface area contributed by atoms with Gasteiger partial charge in [0, 0.05) is 5.38 Å². The van der Waals surface area contributed by atoms with Gasteiger partial charge in [-0.15, -0.1) is 11.3 Å². The van der Waals surface area contributed by atoms with Crippen LogP contribution >= 0.6 is 11.3 Å². The highest BCUT2D eigenvalue weighted by atomic mass is 32.1. The van der Waals surface area contributed by atoms with E-state index in [1.165, 1.54) is 6.07 Å². The second-order valence-corrected chi connectivity index (χ2v) is 4.75. The standard InChI is InChI=1S/C13H15FN2S/c1-9-5-11(14)4-3-10(9)6-12(15-2)13-7-17-8-16-13/h3-5,7-8,12,15H,6H2,1-2H3. The minimum atomic E-state index is -0.180. The molecule has 1 heterocycles. The highest BCUT2D eigenvalue weighted by molar-refractivity contribution is 7.07. The highest BCUT2D eigenvalue weighted by Crippen LogP contribution is 2.20. The maximum atomic E-state index is 13.0. The molecule has 90 valence electrons. The number of likely N-dealkylation sites (N-methyl/N-ethyl adjacent to an activating group) is 1. The molecule has 0 aliphatic heterocycles. The summed E-state index contributed by atoms with van der Waals surface area (Å²) in [4.78, 5) is 4.31. The van der Waals surface area contributed by atoms with E-state index < -0.39 is 0 Å². The molecule has 0 spiro atoms. The first-order chi connectivity index (χ1) is 8.20. The minimum Gasteiger partial charge on any atom is -0.311 e. The second kappa shape index (κ2) is 5.38. The maximum Gasteiger partial charge on any atom is 0.123 e. The van der Waals surface area contributed by atoms with Gasteiger partial charge in [-0.25, -0.2) is 9.37 Å². The Bertz CT molecular complexity index is 482. The quantitative estimate of drug-likeness (QED) is 0.902. The number of benzene rings is 1. The number of rotatable bonds is 4. The molecule has 2 aromatic rings. The Kier molecular flexibility index (Phi) is 3.86. The van der Waals surface area contributed by atoms with Gasteiger partial charge in [0.2, 0.25) is 0 Å². The van der Waals surface area contributed by atoms with E-state index in [1.54, 1.807) is 17.4 Å². The van der Waals surface area contributed by atoms with Crippen molar-refractivity contribution in [2.24, 2.45) is 0 Å². The summed E-state index contributed by atoms with van der Waals surface area (Å²) >= 11 is 1.59. The van der Waals surface area contributed by atoms with Crippen molar-refractivity contribution < 1.29 is 4.39 Å². The fourth-order valence-corrected chi connectivity index (χ4v) is 2.46. The minimum absolute atomic E-state index is 0.180. The molecule has 0 saturated heterocycles. The summed E-state index contributed by atoms with van der Waals surface area (Å²) in [6, 6.07) is 5.12. The largest absolute Gasteiger partial charge is 0.311 e. The molecule has 0 bridgehead atoms. The molecule has 2 nitrogen and oxygen atoms in total. The van der Waals surface area contributed by atoms with Crippen LogP contribution in [0.2, 0.25) is 0 Å². The van der Waals surface area contributed by atoms with Crippen LogP contribution in [0.1, 0.15) is 22.9 Å². The molecule has 0 aliphatic carbocycles. The SMILES string of the molecule is CNC(Cc1ccc(F)cc1C)c1cscn1. The molecular weight excluding hydrogens is 235 g/mol. The van der Waals surface area contributed by atoms with Crippen LogP contribution in [0, 0.1) is 12.7 Å². The van der Waals surface area contributed by atoms with E-state index in [0.717, 1.165) is 23.2 Å². The summed E-state index contributed by atoms with van der Waals surface area (Å²) in [5.74, 6) is -0.180. The van der Waals surface area contributed by atoms with Gasteiger partial charge < -0.3 is 5.32 Å². The number of aryl methyl sites for hydroxylation is 1. The Morgan fingerprint density at radius 1 is 1.47 bits per heavy atom. The number of nitrogens with one attached hydrogen (secondary N) is 1. The third-order valence-electron chi connectivity index (χ3n) is 2.89. The lowest BCUT2D eigenvalue weighted by atomic mass is 9.99. The Balaban J connectivity index is 2.19. The van der Waals surface area contributed by atoms with Gasteiger partial charge in [-0.2, -0.15) is 0 Å². The predicted octanol–water partition coefficient (Wildman–Crippen LogP) is 3.09. The number of hydrogen-bond acceptors (Lipinski definition) is 3. The molecule has 0 radical (unpaired) electrons. The molecule has 1 atom stereocenters. The van der Waals surface area contributed by atoms with Gasteiger partial charge in [-0.3, -0.25) is 0 Å². The smallest absolute Gasteiger partial charge is 0.123 e. The van der Waals surface area contributed by atoms with Crippen molar-refractivity contribution in [3.05, 3.63) is 51.7 Å². The third-order valence-corrected chi connectivity index (χ3v) is 3.49. The normalized spacial score (nSPS) is 12.6. The highest BCUT2D eigenvalue weighted by Gasteiger charge is 2.13. The number of aromatic nitrogens is 1. The summed E-state index contributed by atoms with van der Waals surface area (Å²) in [6.07, 6.45) is 0.826. The van der Waals surface area contributed by atoms with Gasteiger partial charge in [-0.1, -0.05) is 6.07 Å². The van der Waals surface area contributed by atoms with Crippen LogP contribution < -0.4 is 5.32 Å². The number of hydrogen-bond donors (Lipinski definition) is 1. The first-order valence-electron chi connectivity index (χ1n) is 5.51. The molecular formula is C13H15FN2S. The van der Waals surface area contributed by atoms with Gasteiger partial charge in [0.1, 0.15) is 5.82 Å². The lowest BCUT2D eigenvalue weighted by Gasteiger charge is -2.15. The molecule has 1 N–H and O–H groups in total. The van der Waals surface area contributed by atoms with Crippen LogP contribution in [-0.2, 0) is 6.42 Å². The summed E-state index contributed by atoms with van der Waals surface area (Å²) < 4.78 is 13.0. The summed E-state index contributed by atoms with van der Waals surface area (Å²) in [7, 11) is 1.92. The van der Waals surface area contributed by atoms with Crippen molar-refractivity contribution >= 4 is 11.3 Å². The van der Waals surface area contributed by atoms with Crippen LogP contribution in [0.4, 0.5) is 4.39 Å². The molecule has 1 aromatic heterocycles. The molecule has 2 rings (SSSR count). The van der Waals surface area contributed by atoms with Gasteiger partial charge in [0.25, 0.3) is 0 Å². The first-order valence-corrected chi connectivity index (χ1v) is 6.45. The molecule has 17 heavy (non-hydrogen) atoms. The lowest BCUT2D eigenvalue weighted by Crippen LogP contribution is -2.19. The lowest BCUT2D eigenvalue weighted by molar-refractivity contribution is 0.575. The predicted molar refractivity (Wildman–Crippen MR) is 68.8 cm³/mol. The number of halogens is 1. The van der Waals surface area contributed by atoms with Crippen molar-refractivity contribution in [2.75, 3.05) is 7.05 Å². The van der Waals surface area contributed by atoms with Crippen LogP contribution in [0.5, 0.6) is 0 Å². The van der Waals surface area contributed by atoms with Gasteiger partial charge in [0.15, 0.2) is 0 Å². The summed E-state index contributed by atoms with van der Waals surface area (Å²) in [5, 5.41) is 5.29. The second-order valence-electron chi connectivity index (χ2n) is 4.03. The molecule has 0 aliphatic rings. The topological polar surface area (TPSA) is 24.9 Å². The zero-order valence-electron chi connectivity index (χ0n) is 9.90. The average Bonchev–Trinajstić information content (AvgIpc) is 2.81. The first kappa shape index (κ1) is 12.2. The Labute approximate surface area is 105 Å². The van der Waals surface area contributed by atoms with Crippen molar-refractivity contribution in [1.82, 2.24) is 10.3 Å². The van der Waals surface area contributed by atoms with Crippen LogP contribution in [-0.4, -0.2) is 12.0 Å². The van der Waals surface area contributed by atoms with Crippen LogP contribution in [0.15, 0.2) is 29.1 Å². The van der Waals surface area contributed by atoms with Crippen LogP contribution in [0.3, 0.4) is 0 Å². The molecule has 4 heteroatoms. The van der Waals surface area contributed by atoms with E-state index in [2.05, 4.69) is 10.3 Å². The van der Waals surface area contributed by atoms with E-state index in [-0.39, 0.29) is 11.9 Å². The molecule has 1 unspecified atom stereocenters. The molecule has 0 saturated carbocycles. The number of nitrogens with zero attached hydrogens (tertiary/aromatic N) is 1. The summed E-state index contributed by atoms with van der Waals surface area (Å²) in [5.41, 5.74) is 5.01. The van der Waals surface area contributed by atoms with E-state index >= 15 is 0 Å². The zero-order chi connectivity index (χ0) is 12.3. The Morgan fingerprint density at radius 2 is 2.29 bits per heavy atom. The fraction of sp³-hybridized carbons (Fsp3) is 0.308. The van der Waals surface area contributed by atoms with Crippen molar-refractivity contribution in [2.45, 2.75) is 19.4 Å². The Morgan fingerprint density at radius 3 is 2.88 bits per heavy atom. The van der Waals surface area contributed by atoms with E-state index in [1.807, 2.05) is 30.9 Å².